The van der Waals surface area contributed by atoms with Crippen LogP contribution >= 0.6 is 0 Å². The highest BCUT2D eigenvalue weighted by molar-refractivity contribution is 5.70. The molecule has 0 radical (unpaired) electrons. The number of hydrogen-bond donors (Lipinski definition) is 0. The molecule has 22 heavy (non-hydrogen) atoms. The lowest BCUT2D eigenvalue weighted by atomic mass is 9.45. The molecule has 5 rings (SSSR count). The summed E-state index contributed by atoms with van der Waals surface area (Å²) in [4.78, 5) is 11.7. The van der Waals surface area contributed by atoms with Gasteiger partial charge in [0.2, 0.25) is 0 Å². The molecule has 7 atom stereocenters. The van der Waals surface area contributed by atoms with Gasteiger partial charge < -0.3 is 9.47 Å². The standard InChI is InChI=1S/C19H28O3/c1-17-10-21-16(20)9-12(17)3-4-13-14(17)6-8-19-11-22-18(19,2)7-5-15(13)19/h12-15H,3-11H2,1-2H3/t12-,13+,14-,15-,17-,18-,19+/m0/s1. The number of ether oxygens (including phenoxy) is 2. The van der Waals surface area contributed by atoms with Crippen molar-refractivity contribution < 1.29 is 14.3 Å². The van der Waals surface area contributed by atoms with Crippen LogP contribution in [0, 0.1) is 34.5 Å². The second-order valence-corrected chi connectivity index (χ2v) is 9.27. The lowest BCUT2D eigenvalue weighted by molar-refractivity contribution is -0.284. The van der Waals surface area contributed by atoms with Crippen LogP contribution < -0.4 is 0 Å². The van der Waals surface area contributed by atoms with Gasteiger partial charge in [-0.05, 0) is 69.1 Å². The summed E-state index contributed by atoms with van der Waals surface area (Å²) in [6.45, 7) is 6.47. The first-order chi connectivity index (χ1) is 10.5. The fraction of sp³-hybridized carbons (Fsp3) is 0.947. The number of hydrogen-bond acceptors (Lipinski definition) is 3. The van der Waals surface area contributed by atoms with Gasteiger partial charge in [0.1, 0.15) is 0 Å². The van der Waals surface area contributed by atoms with Crippen LogP contribution in [0.25, 0.3) is 0 Å². The van der Waals surface area contributed by atoms with E-state index in [1.54, 1.807) is 0 Å². The van der Waals surface area contributed by atoms with E-state index >= 15 is 0 Å². The van der Waals surface area contributed by atoms with Crippen molar-refractivity contribution in [2.24, 2.45) is 34.5 Å². The normalized spacial score (nSPS) is 59.5. The summed E-state index contributed by atoms with van der Waals surface area (Å²) >= 11 is 0. The van der Waals surface area contributed by atoms with E-state index < -0.39 is 0 Å². The van der Waals surface area contributed by atoms with Crippen molar-refractivity contribution in [3.8, 4) is 0 Å². The highest BCUT2D eigenvalue weighted by Crippen LogP contribution is 2.71. The van der Waals surface area contributed by atoms with Crippen molar-refractivity contribution in [2.75, 3.05) is 13.2 Å². The molecule has 2 saturated heterocycles. The minimum atomic E-state index is 0.0361. The Balaban J connectivity index is 1.48. The minimum Gasteiger partial charge on any atom is -0.465 e. The van der Waals surface area contributed by atoms with Gasteiger partial charge in [0, 0.05) is 17.3 Å². The molecule has 2 heterocycles. The Labute approximate surface area is 133 Å². The smallest absolute Gasteiger partial charge is 0.306 e. The summed E-state index contributed by atoms with van der Waals surface area (Å²) in [5, 5.41) is 0. The molecule has 0 unspecified atom stereocenters. The maximum atomic E-state index is 11.7. The molecule has 0 N–H and O–H groups in total. The van der Waals surface area contributed by atoms with Gasteiger partial charge in [-0.15, -0.1) is 0 Å². The van der Waals surface area contributed by atoms with Crippen LogP contribution in [0.4, 0.5) is 0 Å². The van der Waals surface area contributed by atoms with E-state index in [-0.39, 0.29) is 17.0 Å². The Bertz CT molecular complexity index is 531. The zero-order valence-electron chi connectivity index (χ0n) is 13.9. The van der Waals surface area contributed by atoms with Crippen LogP contribution in [-0.4, -0.2) is 24.8 Å². The molecule has 2 aliphatic heterocycles. The van der Waals surface area contributed by atoms with Crippen molar-refractivity contribution in [3.05, 3.63) is 0 Å². The van der Waals surface area contributed by atoms with Gasteiger partial charge in [-0.1, -0.05) is 6.92 Å². The molecule has 1 spiro atoms. The van der Waals surface area contributed by atoms with Gasteiger partial charge in [-0.25, -0.2) is 0 Å². The van der Waals surface area contributed by atoms with E-state index in [1.807, 2.05) is 0 Å². The van der Waals surface area contributed by atoms with Gasteiger partial charge in [-0.3, -0.25) is 4.79 Å². The van der Waals surface area contributed by atoms with Crippen LogP contribution in [0.15, 0.2) is 0 Å². The summed E-state index contributed by atoms with van der Waals surface area (Å²) in [7, 11) is 0. The number of cyclic esters (lactones) is 1. The molecule has 3 saturated carbocycles. The largest absolute Gasteiger partial charge is 0.465 e. The predicted molar refractivity (Wildman–Crippen MR) is 82.1 cm³/mol. The van der Waals surface area contributed by atoms with Crippen molar-refractivity contribution in [1.29, 1.82) is 0 Å². The molecular weight excluding hydrogens is 276 g/mol. The average molecular weight is 304 g/mol. The first kappa shape index (κ1) is 13.8. The van der Waals surface area contributed by atoms with Crippen molar-refractivity contribution >= 4 is 5.97 Å². The van der Waals surface area contributed by atoms with E-state index in [1.165, 1.54) is 38.5 Å². The lowest BCUT2D eigenvalue weighted by Crippen LogP contribution is -2.65. The number of carbonyl (C=O) groups excluding carboxylic acids is 1. The second-order valence-electron chi connectivity index (χ2n) is 9.27. The summed E-state index contributed by atoms with van der Waals surface area (Å²) in [6.07, 6.45) is 8.51. The molecule has 3 aliphatic carbocycles. The van der Waals surface area contributed by atoms with Gasteiger partial charge in [-0.2, -0.15) is 0 Å². The molecular formula is C19H28O3. The Hall–Kier alpha value is -0.570. The lowest BCUT2D eigenvalue weighted by Gasteiger charge is -2.65. The summed E-state index contributed by atoms with van der Waals surface area (Å²) in [5.41, 5.74) is 0.907. The van der Waals surface area contributed by atoms with Crippen LogP contribution in [-0.2, 0) is 14.3 Å². The average Bonchev–Trinajstić information content (AvgIpc) is 2.70. The van der Waals surface area contributed by atoms with Crippen molar-refractivity contribution in [1.82, 2.24) is 0 Å². The molecule has 3 heteroatoms. The second kappa shape index (κ2) is 4.09. The van der Waals surface area contributed by atoms with Gasteiger partial charge >= 0.3 is 5.97 Å². The molecule has 0 amide bonds. The Kier molecular flexibility index (Phi) is 2.57. The Morgan fingerprint density at radius 3 is 2.59 bits per heavy atom. The Morgan fingerprint density at radius 1 is 1.00 bits per heavy atom. The first-order valence-corrected chi connectivity index (χ1v) is 9.28. The fourth-order valence-corrected chi connectivity index (χ4v) is 7.39. The molecule has 122 valence electrons. The summed E-state index contributed by atoms with van der Waals surface area (Å²) < 4.78 is 11.6. The zero-order valence-corrected chi connectivity index (χ0v) is 13.9. The molecule has 0 aromatic rings. The Morgan fingerprint density at radius 2 is 1.82 bits per heavy atom. The number of carbonyl (C=O) groups is 1. The molecule has 5 aliphatic rings. The zero-order chi connectivity index (χ0) is 15.2. The number of rotatable bonds is 0. The first-order valence-electron chi connectivity index (χ1n) is 9.28. The monoisotopic (exact) mass is 304 g/mol. The minimum absolute atomic E-state index is 0.0361. The molecule has 0 aromatic heterocycles. The van der Waals surface area contributed by atoms with E-state index in [2.05, 4.69) is 13.8 Å². The fourth-order valence-electron chi connectivity index (χ4n) is 7.39. The highest BCUT2D eigenvalue weighted by atomic mass is 16.5. The van der Waals surface area contributed by atoms with Crippen LogP contribution in [0.2, 0.25) is 0 Å². The third-order valence-electron chi connectivity index (χ3n) is 8.86. The maximum Gasteiger partial charge on any atom is 0.306 e. The highest BCUT2D eigenvalue weighted by Gasteiger charge is 2.70. The molecule has 0 aromatic carbocycles. The predicted octanol–water partition coefficient (Wildman–Crippen LogP) is 3.56. The SMILES string of the molecule is C[C@]12COC(=O)C[C@@H]1CC[C@@H]1[C@@H]2CC[C@]23CO[C@@]2(C)CC[C@@H]13. The van der Waals surface area contributed by atoms with Crippen LogP contribution in [0.1, 0.15) is 58.8 Å². The quantitative estimate of drug-likeness (QED) is 0.642. The molecule has 0 bridgehead atoms. The third-order valence-corrected chi connectivity index (χ3v) is 8.86. The summed E-state index contributed by atoms with van der Waals surface area (Å²) in [6, 6.07) is 0. The maximum absolute atomic E-state index is 11.7. The van der Waals surface area contributed by atoms with Crippen LogP contribution in [0.3, 0.4) is 0 Å². The van der Waals surface area contributed by atoms with E-state index in [4.69, 9.17) is 9.47 Å². The van der Waals surface area contributed by atoms with Crippen LogP contribution in [0.5, 0.6) is 0 Å². The topological polar surface area (TPSA) is 35.5 Å². The third kappa shape index (κ3) is 1.41. The number of fused-ring (bicyclic) bond motifs is 4. The van der Waals surface area contributed by atoms with Gasteiger partial charge in [0.25, 0.3) is 0 Å². The molecule has 3 nitrogen and oxygen atoms in total. The van der Waals surface area contributed by atoms with Crippen molar-refractivity contribution in [3.63, 3.8) is 0 Å². The number of esters is 1. The van der Waals surface area contributed by atoms with Crippen molar-refractivity contribution in [2.45, 2.75) is 64.4 Å². The van der Waals surface area contributed by atoms with Gasteiger partial charge in [0.15, 0.2) is 0 Å². The van der Waals surface area contributed by atoms with E-state index in [0.29, 0.717) is 24.4 Å². The van der Waals surface area contributed by atoms with E-state index in [0.717, 1.165) is 24.4 Å². The van der Waals surface area contributed by atoms with E-state index in [9.17, 15) is 4.79 Å². The summed E-state index contributed by atoms with van der Waals surface area (Å²) in [5.74, 6) is 3.07. The molecule has 5 fully saturated rings. The van der Waals surface area contributed by atoms with Gasteiger partial charge in [0.05, 0.1) is 18.8 Å².